The summed E-state index contributed by atoms with van der Waals surface area (Å²) in [5, 5.41) is 1.07. The van der Waals surface area contributed by atoms with Crippen molar-refractivity contribution < 1.29 is 9.59 Å². The summed E-state index contributed by atoms with van der Waals surface area (Å²) in [7, 11) is 0. The van der Waals surface area contributed by atoms with E-state index in [2.05, 4.69) is 0 Å². The van der Waals surface area contributed by atoms with E-state index in [0.717, 1.165) is 37.8 Å². The molecule has 1 aliphatic heterocycles. The molecule has 2 N–H and O–H groups in total. The number of piperidine rings is 1. The number of benzene rings is 1. The Morgan fingerprint density at radius 2 is 2.05 bits per heavy atom. The second kappa shape index (κ2) is 7.84. The molecule has 1 atom stereocenters. The highest BCUT2D eigenvalue weighted by molar-refractivity contribution is 6.42. The van der Waals surface area contributed by atoms with Crippen molar-refractivity contribution in [2.24, 2.45) is 11.7 Å². The predicted octanol–water partition coefficient (Wildman–Crippen LogP) is 3.04. The summed E-state index contributed by atoms with van der Waals surface area (Å²) in [6.45, 7) is 1.18. The lowest BCUT2D eigenvalue weighted by molar-refractivity contribution is -0.135. The predicted molar refractivity (Wildman–Crippen MR) is 87.9 cm³/mol. The van der Waals surface area contributed by atoms with E-state index in [1.807, 2.05) is 12.1 Å². The number of rotatable bonds is 5. The maximum Gasteiger partial charge on any atom is 0.222 e. The normalized spacial score (nSPS) is 18.3. The maximum atomic E-state index is 12.2. The van der Waals surface area contributed by atoms with Crippen LogP contribution in [-0.2, 0) is 16.0 Å². The first-order valence-corrected chi connectivity index (χ1v) is 8.24. The molecule has 1 fully saturated rings. The van der Waals surface area contributed by atoms with Gasteiger partial charge in [-0.3, -0.25) is 9.59 Å². The maximum absolute atomic E-state index is 12.2. The first-order chi connectivity index (χ1) is 10.5. The van der Waals surface area contributed by atoms with Gasteiger partial charge in [0, 0.05) is 19.5 Å². The summed E-state index contributed by atoms with van der Waals surface area (Å²) < 4.78 is 0. The molecule has 4 nitrogen and oxygen atoms in total. The minimum absolute atomic E-state index is 0.0889. The number of primary amides is 1. The highest BCUT2D eigenvalue weighted by atomic mass is 35.5. The van der Waals surface area contributed by atoms with Gasteiger partial charge < -0.3 is 10.6 Å². The largest absolute Gasteiger partial charge is 0.369 e. The van der Waals surface area contributed by atoms with Crippen LogP contribution in [0.4, 0.5) is 0 Å². The topological polar surface area (TPSA) is 63.4 Å². The van der Waals surface area contributed by atoms with Gasteiger partial charge in [-0.1, -0.05) is 29.3 Å². The number of halogens is 2. The third-order valence-electron chi connectivity index (χ3n) is 4.02. The van der Waals surface area contributed by atoms with Gasteiger partial charge in [0.2, 0.25) is 11.8 Å². The molecule has 2 rings (SSSR count). The molecule has 1 saturated heterocycles. The molecule has 2 amide bonds. The van der Waals surface area contributed by atoms with Gasteiger partial charge in [0.25, 0.3) is 0 Å². The lowest BCUT2D eigenvalue weighted by atomic mass is 9.97. The van der Waals surface area contributed by atoms with Gasteiger partial charge in [-0.25, -0.2) is 0 Å². The molecule has 22 heavy (non-hydrogen) atoms. The highest BCUT2D eigenvalue weighted by Crippen LogP contribution is 2.23. The molecule has 1 heterocycles. The Morgan fingerprint density at radius 3 is 2.73 bits per heavy atom. The Labute approximate surface area is 140 Å². The molecule has 0 spiro atoms. The van der Waals surface area contributed by atoms with Crippen LogP contribution >= 0.6 is 23.2 Å². The second-order valence-electron chi connectivity index (χ2n) is 5.68. The van der Waals surface area contributed by atoms with Crippen molar-refractivity contribution in [2.75, 3.05) is 13.1 Å². The fourth-order valence-corrected chi connectivity index (χ4v) is 3.05. The zero-order chi connectivity index (χ0) is 16.1. The van der Waals surface area contributed by atoms with Crippen LogP contribution in [0.1, 0.15) is 31.2 Å². The molecule has 0 aliphatic carbocycles. The van der Waals surface area contributed by atoms with Gasteiger partial charge in [-0.15, -0.1) is 0 Å². The van der Waals surface area contributed by atoms with E-state index >= 15 is 0 Å². The van der Waals surface area contributed by atoms with Gasteiger partial charge in [-0.05, 0) is 43.4 Å². The zero-order valence-corrected chi connectivity index (χ0v) is 13.9. The SMILES string of the molecule is NC(=O)[C@@H]1CCCN(C(=O)CCCc2ccc(Cl)c(Cl)c2)C1. The summed E-state index contributed by atoms with van der Waals surface area (Å²) in [4.78, 5) is 25.2. The van der Waals surface area contributed by atoms with E-state index in [1.54, 1.807) is 11.0 Å². The van der Waals surface area contributed by atoms with Crippen molar-refractivity contribution in [3.05, 3.63) is 33.8 Å². The number of nitrogens with zero attached hydrogens (tertiary/aromatic N) is 1. The molecule has 1 aromatic carbocycles. The number of hydrogen-bond acceptors (Lipinski definition) is 2. The minimum atomic E-state index is -0.312. The first-order valence-electron chi connectivity index (χ1n) is 7.48. The molecule has 0 unspecified atom stereocenters. The van der Waals surface area contributed by atoms with E-state index in [9.17, 15) is 9.59 Å². The van der Waals surface area contributed by atoms with E-state index in [-0.39, 0.29) is 17.7 Å². The van der Waals surface area contributed by atoms with Crippen LogP contribution < -0.4 is 5.73 Å². The number of carbonyl (C=O) groups excluding carboxylic acids is 2. The molecule has 120 valence electrons. The summed E-state index contributed by atoms with van der Waals surface area (Å²) >= 11 is 11.8. The molecular formula is C16H20Cl2N2O2. The zero-order valence-electron chi connectivity index (χ0n) is 12.4. The number of carbonyl (C=O) groups is 2. The summed E-state index contributed by atoms with van der Waals surface area (Å²) in [6.07, 6.45) is 3.60. The molecule has 0 bridgehead atoms. The fourth-order valence-electron chi connectivity index (χ4n) is 2.73. The standard InChI is InChI=1S/C16H20Cl2N2O2/c17-13-7-6-11(9-14(13)18)3-1-5-15(21)20-8-2-4-12(10-20)16(19)22/h6-7,9,12H,1-5,8,10H2,(H2,19,22)/t12-/m1/s1. The van der Waals surface area contributed by atoms with Crippen LogP contribution in [0.5, 0.6) is 0 Å². The number of nitrogens with two attached hydrogens (primary N) is 1. The lowest BCUT2D eigenvalue weighted by Gasteiger charge is -2.31. The molecule has 0 aromatic heterocycles. The van der Waals surface area contributed by atoms with Crippen molar-refractivity contribution in [2.45, 2.75) is 32.1 Å². The summed E-state index contributed by atoms with van der Waals surface area (Å²) in [6, 6.07) is 5.52. The second-order valence-corrected chi connectivity index (χ2v) is 6.50. The average Bonchev–Trinajstić information content (AvgIpc) is 2.51. The average molecular weight is 343 g/mol. The van der Waals surface area contributed by atoms with Crippen molar-refractivity contribution >= 4 is 35.0 Å². The summed E-state index contributed by atoms with van der Waals surface area (Å²) in [5.41, 5.74) is 6.40. The van der Waals surface area contributed by atoms with Crippen LogP contribution in [-0.4, -0.2) is 29.8 Å². The Kier molecular flexibility index (Phi) is 6.09. The number of likely N-dealkylation sites (tertiary alicyclic amines) is 1. The Balaban J connectivity index is 1.79. The molecule has 6 heteroatoms. The van der Waals surface area contributed by atoms with Crippen molar-refractivity contribution in [1.82, 2.24) is 4.90 Å². The van der Waals surface area contributed by atoms with Crippen LogP contribution in [0.25, 0.3) is 0 Å². The Bertz CT molecular complexity index is 563. The van der Waals surface area contributed by atoms with Gasteiger partial charge >= 0.3 is 0 Å². The third-order valence-corrected chi connectivity index (χ3v) is 4.76. The van der Waals surface area contributed by atoms with Crippen LogP contribution in [0.3, 0.4) is 0 Å². The molecule has 1 aromatic rings. The van der Waals surface area contributed by atoms with E-state index < -0.39 is 0 Å². The monoisotopic (exact) mass is 342 g/mol. The molecular weight excluding hydrogens is 323 g/mol. The third kappa shape index (κ3) is 4.62. The van der Waals surface area contributed by atoms with Crippen molar-refractivity contribution in [1.29, 1.82) is 0 Å². The minimum Gasteiger partial charge on any atom is -0.369 e. The number of hydrogen-bond donors (Lipinski definition) is 1. The molecule has 0 saturated carbocycles. The van der Waals surface area contributed by atoms with Gasteiger partial charge in [0.15, 0.2) is 0 Å². The fraction of sp³-hybridized carbons (Fsp3) is 0.500. The van der Waals surface area contributed by atoms with Gasteiger partial charge in [0.05, 0.1) is 16.0 Å². The number of amides is 2. The quantitative estimate of drug-likeness (QED) is 0.893. The lowest BCUT2D eigenvalue weighted by Crippen LogP contribution is -2.44. The smallest absolute Gasteiger partial charge is 0.222 e. The van der Waals surface area contributed by atoms with E-state index in [1.165, 1.54) is 0 Å². The molecule has 1 aliphatic rings. The number of aryl methyl sites for hydroxylation is 1. The van der Waals surface area contributed by atoms with E-state index in [4.69, 9.17) is 28.9 Å². The van der Waals surface area contributed by atoms with Crippen molar-refractivity contribution in [3.8, 4) is 0 Å². The Hall–Kier alpha value is -1.26. The van der Waals surface area contributed by atoms with Gasteiger partial charge in [0.1, 0.15) is 0 Å². The molecule has 0 radical (unpaired) electrons. The van der Waals surface area contributed by atoms with Gasteiger partial charge in [-0.2, -0.15) is 0 Å². The van der Waals surface area contributed by atoms with E-state index in [0.29, 0.717) is 23.0 Å². The van der Waals surface area contributed by atoms with Crippen LogP contribution in [0.15, 0.2) is 18.2 Å². The highest BCUT2D eigenvalue weighted by Gasteiger charge is 2.26. The first kappa shape index (κ1) is 17.1. The van der Waals surface area contributed by atoms with Crippen LogP contribution in [0, 0.1) is 5.92 Å². The summed E-state index contributed by atoms with van der Waals surface area (Å²) in [5.74, 6) is -0.424. The van der Waals surface area contributed by atoms with Crippen molar-refractivity contribution in [3.63, 3.8) is 0 Å². The Morgan fingerprint density at radius 1 is 1.27 bits per heavy atom. The van der Waals surface area contributed by atoms with Crippen LogP contribution in [0.2, 0.25) is 10.0 Å².